The van der Waals surface area contributed by atoms with Crippen LogP contribution in [-0.2, 0) is 21.5 Å². The Morgan fingerprint density at radius 2 is 1.88 bits per heavy atom. The molecular weight excluding hydrogens is 352 g/mol. The van der Waals surface area contributed by atoms with E-state index < -0.39 is 16.1 Å². The summed E-state index contributed by atoms with van der Waals surface area (Å²) >= 11 is 0. The summed E-state index contributed by atoms with van der Waals surface area (Å²) < 4.78 is 28.8. The topological polar surface area (TPSA) is 87.0 Å². The smallest absolute Gasteiger partial charge is 0.281 e. The summed E-state index contributed by atoms with van der Waals surface area (Å²) in [5.41, 5.74) is 7.68. The van der Waals surface area contributed by atoms with Crippen LogP contribution in [0.1, 0.15) is 30.9 Å². The van der Waals surface area contributed by atoms with Crippen molar-refractivity contribution in [1.29, 1.82) is 0 Å². The van der Waals surface area contributed by atoms with Crippen molar-refractivity contribution in [2.45, 2.75) is 26.3 Å². The molecule has 1 aromatic rings. The Morgan fingerprint density at radius 3 is 2.42 bits per heavy atom. The first kappa shape index (κ1) is 20.8. The standard InChI is InChI=1S/C18H30N4O3S/c1-5-21(6-2)26(24,25)22-12-16(17(13-22)18(23)20(3)4)15-9-7-8-14(10-15)11-19/h7-10,16-17H,5-6,11-13,19H2,1-4H3/t16-,17+/m1/s1. The fourth-order valence-corrected chi connectivity index (χ4v) is 5.22. The lowest BCUT2D eigenvalue weighted by Gasteiger charge is -2.25. The molecule has 0 aromatic heterocycles. The van der Waals surface area contributed by atoms with Crippen LogP contribution in [0.15, 0.2) is 24.3 Å². The van der Waals surface area contributed by atoms with Gasteiger partial charge in [0.05, 0.1) is 5.92 Å². The lowest BCUT2D eigenvalue weighted by molar-refractivity contribution is -0.132. The molecule has 2 rings (SSSR count). The SMILES string of the molecule is CCN(CC)S(=O)(=O)N1C[C@H](C(=O)N(C)C)[C@@H](c2cccc(CN)c2)C1. The molecule has 1 heterocycles. The fraction of sp³-hybridized carbons (Fsp3) is 0.611. The second-order valence-electron chi connectivity index (χ2n) is 6.80. The highest BCUT2D eigenvalue weighted by molar-refractivity contribution is 7.86. The van der Waals surface area contributed by atoms with Gasteiger partial charge in [0.25, 0.3) is 10.2 Å². The van der Waals surface area contributed by atoms with Crippen molar-refractivity contribution in [3.05, 3.63) is 35.4 Å². The van der Waals surface area contributed by atoms with Gasteiger partial charge < -0.3 is 10.6 Å². The number of rotatable bonds is 7. The molecule has 2 atom stereocenters. The molecule has 26 heavy (non-hydrogen) atoms. The zero-order valence-electron chi connectivity index (χ0n) is 16.1. The predicted molar refractivity (Wildman–Crippen MR) is 103 cm³/mol. The molecule has 1 aliphatic rings. The van der Waals surface area contributed by atoms with Gasteiger partial charge in [-0.15, -0.1) is 0 Å². The lowest BCUT2D eigenvalue weighted by Crippen LogP contribution is -2.43. The Morgan fingerprint density at radius 1 is 1.23 bits per heavy atom. The van der Waals surface area contributed by atoms with Crippen molar-refractivity contribution in [1.82, 2.24) is 13.5 Å². The summed E-state index contributed by atoms with van der Waals surface area (Å²) in [6.45, 7) is 5.38. The van der Waals surface area contributed by atoms with Crippen LogP contribution in [-0.4, -0.2) is 68.1 Å². The van der Waals surface area contributed by atoms with Gasteiger partial charge in [-0.25, -0.2) is 0 Å². The molecule has 1 fully saturated rings. The molecule has 146 valence electrons. The van der Waals surface area contributed by atoms with Crippen LogP contribution in [0, 0.1) is 5.92 Å². The van der Waals surface area contributed by atoms with Crippen molar-refractivity contribution in [3.8, 4) is 0 Å². The molecule has 2 N–H and O–H groups in total. The van der Waals surface area contributed by atoms with Crippen LogP contribution in [0.3, 0.4) is 0 Å². The number of nitrogens with two attached hydrogens (primary N) is 1. The molecule has 0 saturated carbocycles. The minimum absolute atomic E-state index is 0.0506. The average Bonchev–Trinajstić information content (AvgIpc) is 3.08. The van der Waals surface area contributed by atoms with E-state index in [1.807, 2.05) is 38.1 Å². The Labute approximate surface area is 156 Å². The average molecular weight is 383 g/mol. The first-order valence-electron chi connectivity index (χ1n) is 9.01. The summed E-state index contributed by atoms with van der Waals surface area (Å²) in [5, 5.41) is 0. The Hall–Kier alpha value is -1.48. The quantitative estimate of drug-likeness (QED) is 0.757. The van der Waals surface area contributed by atoms with Gasteiger partial charge in [-0.3, -0.25) is 4.79 Å². The van der Waals surface area contributed by atoms with E-state index in [2.05, 4.69) is 0 Å². The largest absolute Gasteiger partial charge is 0.349 e. The zero-order valence-corrected chi connectivity index (χ0v) is 16.9. The van der Waals surface area contributed by atoms with Gasteiger partial charge in [0, 0.05) is 52.7 Å². The van der Waals surface area contributed by atoms with Crippen molar-refractivity contribution >= 4 is 16.1 Å². The molecular formula is C18H30N4O3S. The number of nitrogens with zero attached hydrogens (tertiary/aromatic N) is 3. The third-order valence-corrected chi connectivity index (χ3v) is 7.14. The molecule has 1 saturated heterocycles. The van der Waals surface area contributed by atoms with Crippen molar-refractivity contribution in [2.24, 2.45) is 11.7 Å². The molecule has 1 amide bonds. The van der Waals surface area contributed by atoms with E-state index in [1.54, 1.807) is 14.1 Å². The Balaban J connectivity index is 2.40. The van der Waals surface area contributed by atoms with E-state index in [0.717, 1.165) is 11.1 Å². The van der Waals surface area contributed by atoms with E-state index in [0.29, 0.717) is 26.2 Å². The van der Waals surface area contributed by atoms with Gasteiger partial charge in [-0.05, 0) is 11.1 Å². The summed E-state index contributed by atoms with van der Waals surface area (Å²) in [5.74, 6) is -0.629. The molecule has 1 aromatic carbocycles. The van der Waals surface area contributed by atoms with Gasteiger partial charge >= 0.3 is 0 Å². The van der Waals surface area contributed by atoms with Crippen LogP contribution in [0.2, 0.25) is 0 Å². The van der Waals surface area contributed by atoms with Gasteiger partial charge in [0.2, 0.25) is 5.91 Å². The molecule has 0 bridgehead atoms. The van der Waals surface area contributed by atoms with Crippen LogP contribution in [0.4, 0.5) is 0 Å². The molecule has 8 heteroatoms. The lowest BCUT2D eigenvalue weighted by atomic mass is 9.87. The fourth-order valence-electron chi connectivity index (χ4n) is 3.54. The summed E-state index contributed by atoms with van der Waals surface area (Å²) in [6, 6.07) is 7.78. The number of amides is 1. The van der Waals surface area contributed by atoms with Gasteiger partial charge in [-0.2, -0.15) is 17.0 Å². The van der Waals surface area contributed by atoms with Crippen LogP contribution < -0.4 is 5.73 Å². The minimum atomic E-state index is -3.58. The van der Waals surface area contributed by atoms with E-state index in [-0.39, 0.29) is 18.4 Å². The first-order valence-corrected chi connectivity index (χ1v) is 10.4. The molecule has 0 radical (unpaired) electrons. The second kappa shape index (κ2) is 8.47. The third-order valence-electron chi connectivity index (χ3n) is 5.02. The third kappa shape index (κ3) is 4.09. The summed E-state index contributed by atoms with van der Waals surface area (Å²) in [6.07, 6.45) is 0. The molecule has 0 aliphatic carbocycles. The molecule has 0 unspecified atom stereocenters. The highest BCUT2D eigenvalue weighted by Crippen LogP contribution is 2.36. The monoisotopic (exact) mass is 382 g/mol. The highest BCUT2D eigenvalue weighted by Gasteiger charge is 2.44. The van der Waals surface area contributed by atoms with Crippen molar-refractivity contribution in [2.75, 3.05) is 40.3 Å². The van der Waals surface area contributed by atoms with Gasteiger partial charge in [0.1, 0.15) is 0 Å². The maximum Gasteiger partial charge on any atom is 0.281 e. The normalized spacial score (nSPS) is 21.3. The Kier molecular flexibility index (Phi) is 6.79. The van der Waals surface area contributed by atoms with Crippen LogP contribution >= 0.6 is 0 Å². The van der Waals surface area contributed by atoms with Crippen LogP contribution in [0.25, 0.3) is 0 Å². The van der Waals surface area contributed by atoms with E-state index >= 15 is 0 Å². The number of hydrogen-bond donors (Lipinski definition) is 1. The molecule has 1 aliphatic heterocycles. The Bertz CT molecular complexity index is 732. The van der Waals surface area contributed by atoms with E-state index in [4.69, 9.17) is 5.73 Å². The maximum absolute atomic E-state index is 12.9. The van der Waals surface area contributed by atoms with Gasteiger partial charge in [-0.1, -0.05) is 38.1 Å². The van der Waals surface area contributed by atoms with E-state index in [9.17, 15) is 13.2 Å². The summed E-state index contributed by atoms with van der Waals surface area (Å²) in [7, 11) is -0.167. The first-order chi connectivity index (χ1) is 12.3. The zero-order chi connectivity index (χ0) is 19.5. The number of carbonyl (C=O) groups excluding carboxylic acids is 1. The van der Waals surface area contributed by atoms with Crippen molar-refractivity contribution in [3.63, 3.8) is 0 Å². The maximum atomic E-state index is 12.9. The minimum Gasteiger partial charge on any atom is -0.349 e. The molecule has 7 nitrogen and oxygen atoms in total. The second-order valence-corrected chi connectivity index (χ2v) is 8.73. The number of benzene rings is 1. The predicted octanol–water partition coefficient (Wildman–Crippen LogP) is 0.836. The number of carbonyl (C=O) groups is 1. The summed E-state index contributed by atoms with van der Waals surface area (Å²) in [4.78, 5) is 14.3. The van der Waals surface area contributed by atoms with Gasteiger partial charge in [0.15, 0.2) is 0 Å². The number of hydrogen-bond acceptors (Lipinski definition) is 4. The van der Waals surface area contributed by atoms with Crippen molar-refractivity contribution < 1.29 is 13.2 Å². The van der Waals surface area contributed by atoms with Crippen LogP contribution in [0.5, 0.6) is 0 Å². The highest BCUT2D eigenvalue weighted by atomic mass is 32.2. The van der Waals surface area contributed by atoms with E-state index in [1.165, 1.54) is 13.5 Å². The molecule has 0 spiro atoms.